The summed E-state index contributed by atoms with van der Waals surface area (Å²) >= 11 is 0. The van der Waals surface area contributed by atoms with Crippen molar-refractivity contribution in [2.75, 3.05) is 19.7 Å². The normalized spacial score (nSPS) is 17.8. The zero-order chi connectivity index (χ0) is 18.0. The molecule has 1 aromatic heterocycles. The maximum Gasteiger partial charge on any atom is 0.261 e. The fourth-order valence-electron chi connectivity index (χ4n) is 2.88. The number of H-pyrrole nitrogens is 1. The second-order valence-electron chi connectivity index (χ2n) is 6.47. The van der Waals surface area contributed by atoms with Crippen molar-refractivity contribution < 1.29 is 13.9 Å². The Kier molecular flexibility index (Phi) is 4.99. The molecule has 0 bridgehead atoms. The molecule has 1 fully saturated rings. The van der Waals surface area contributed by atoms with E-state index >= 15 is 0 Å². The molecule has 6 heteroatoms. The average molecular weight is 344 g/mol. The molecule has 0 unspecified atom stereocenters. The minimum atomic E-state index is -0.374. The maximum atomic E-state index is 13.1. The number of benzene rings is 1. The number of rotatable bonds is 3. The maximum absolute atomic E-state index is 13.1. The number of aromatic nitrogens is 1. The number of aromatic amines is 1. The second kappa shape index (κ2) is 7.19. The molecule has 1 aliphatic rings. The number of halogens is 1. The molecule has 2 heterocycles. The summed E-state index contributed by atoms with van der Waals surface area (Å²) in [5.41, 5.74) is 1.36. The summed E-state index contributed by atoms with van der Waals surface area (Å²) in [7, 11) is 0. The van der Waals surface area contributed by atoms with Crippen LogP contribution in [0.4, 0.5) is 4.39 Å². The molecule has 1 saturated heterocycles. The van der Waals surface area contributed by atoms with Gasteiger partial charge in [0.2, 0.25) is 0 Å². The van der Waals surface area contributed by atoms with Crippen molar-refractivity contribution in [1.82, 2.24) is 9.88 Å². The van der Waals surface area contributed by atoms with Gasteiger partial charge in [-0.1, -0.05) is 26.0 Å². The first kappa shape index (κ1) is 17.4. The first-order chi connectivity index (χ1) is 12.0. The van der Waals surface area contributed by atoms with Crippen LogP contribution in [0.1, 0.15) is 47.5 Å². The van der Waals surface area contributed by atoms with Crippen LogP contribution in [0, 0.1) is 5.82 Å². The highest BCUT2D eigenvalue weighted by Crippen LogP contribution is 2.23. The standard InChI is InChI=1S/C19H21FN2O3/c1-12(2)16-8-7-15(18(23)21-16)19(24)22-9-10-25-17(11-22)13-3-5-14(20)6-4-13/h3-8,12,17H,9-11H2,1-2H3,(H,21,23)/t17-/m0/s1. The van der Waals surface area contributed by atoms with E-state index in [9.17, 15) is 14.0 Å². The van der Waals surface area contributed by atoms with Crippen LogP contribution in [0.3, 0.4) is 0 Å². The lowest BCUT2D eigenvalue weighted by Gasteiger charge is -2.33. The molecule has 0 saturated carbocycles. The van der Waals surface area contributed by atoms with Gasteiger partial charge in [-0.3, -0.25) is 9.59 Å². The fraction of sp³-hybridized carbons (Fsp3) is 0.368. The van der Waals surface area contributed by atoms with Crippen molar-refractivity contribution in [2.45, 2.75) is 25.9 Å². The molecule has 1 N–H and O–H groups in total. The van der Waals surface area contributed by atoms with Crippen LogP contribution in [0.5, 0.6) is 0 Å². The summed E-state index contributed by atoms with van der Waals surface area (Å²) in [4.78, 5) is 29.3. The Bertz CT molecular complexity index is 814. The highest BCUT2D eigenvalue weighted by molar-refractivity contribution is 5.94. The number of morpholine rings is 1. The smallest absolute Gasteiger partial charge is 0.261 e. The van der Waals surface area contributed by atoms with Gasteiger partial charge in [-0.05, 0) is 35.7 Å². The van der Waals surface area contributed by atoms with Crippen LogP contribution < -0.4 is 5.56 Å². The van der Waals surface area contributed by atoms with Crippen molar-refractivity contribution in [3.63, 3.8) is 0 Å². The van der Waals surface area contributed by atoms with Crippen molar-refractivity contribution in [1.29, 1.82) is 0 Å². The predicted molar refractivity (Wildman–Crippen MR) is 92.1 cm³/mol. The third-order valence-corrected chi connectivity index (χ3v) is 4.38. The Labute approximate surface area is 145 Å². The Morgan fingerprint density at radius 2 is 1.96 bits per heavy atom. The van der Waals surface area contributed by atoms with Crippen LogP contribution in [-0.2, 0) is 4.74 Å². The van der Waals surface area contributed by atoms with Crippen LogP contribution in [0.25, 0.3) is 0 Å². The lowest BCUT2D eigenvalue weighted by molar-refractivity contribution is -0.0229. The van der Waals surface area contributed by atoms with Crippen LogP contribution in [0.2, 0.25) is 0 Å². The van der Waals surface area contributed by atoms with Gasteiger partial charge in [0.1, 0.15) is 17.5 Å². The summed E-state index contributed by atoms with van der Waals surface area (Å²) in [6, 6.07) is 9.40. The number of carbonyl (C=O) groups excluding carboxylic acids is 1. The largest absolute Gasteiger partial charge is 0.370 e. The number of hydrogen-bond donors (Lipinski definition) is 1. The third-order valence-electron chi connectivity index (χ3n) is 4.38. The topological polar surface area (TPSA) is 62.4 Å². The molecular formula is C19H21FN2O3. The summed E-state index contributed by atoms with van der Waals surface area (Å²) in [6.07, 6.45) is -0.327. The van der Waals surface area contributed by atoms with Crippen molar-refractivity contribution in [3.05, 3.63) is 69.4 Å². The van der Waals surface area contributed by atoms with E-state index in [1.54, 1.807) is 29.2 Å². The third kappa shape index (κ3) is 3.79. The molecule has 1 aromatic carbocycles. The number of nitrogens with one attached hydrogen (secondary N) is 1. The SMILES string of the molecule is CC(C)c1ccc(C(=O)N2CCO[C@H](c3ccc(F)cc3)C2)c(=O)[nH]1. The lowest BCUT2D eigenvalue weighted by Crippen LogP contribution is -2.43. The fourth-order valence-corrected chi connectivity index (χ4v) is 2.88. The van der Waals surface area contributed by atoms with Gasteiger partial charge >= 0.3 is 0 Å². The highest BCUT2D eigenvalue weighted by Gasteiger charge is 2.27. The van der Waals surface area contributed by atoms with E-state index in [-0.39, 0.29) is 34.9 Å². The molecular weight excluding hydrogens is 323 g/mol. The summed E-state index contributed by atoms with van der Waals surface area (Å²) in [6.45, 7) is 5.07. The summed E-state index contributed by atoms with van der Waals surface area (Å²) < 4.78 is 18.8. The number of amides is 1. The van der Waals surface area contributed by atoms with E-state index in [1.807, 2.05) is 13.8 Å². The second-order valence-corrected chi connectivity index (χ2v) is 6.47. The number of ether oxygens (including phenoxy) is 1. The Balaban J connectivity index is 1.78. The van der Waals surface area contributed by atoms with Crippen molar-refractivity contribution in [2.24, 2.45) is 0 Å². The number of hydrogen-bond acceptors (Lipinski definition) is 3. The zero-order valence-electron chi connectivity index (χ0n) is 14.3. The zero-order valence-corrected chi connectivity index (χ0v) is 14.3. The highest BCUT2D eigenvalue weighted by atomic mass is 19.1. The summed E-state index contributed by atoms with van der Waals surface area (Å²) in [5.74, 6) is -0.445. The van der Waals surface area contributed by atoms with E-state index in [2.05, 4.69) is 4.98 Å². The van der Waals surface area contributed by atoms with Gasteiger partial charge < -0.3 is 14.6 Å². The van der Waals surface area contributed by atoms with Crippen LogP contribution in [0.15, 0.2) is 41.2 Å². The van der Waals surface area contributed by atoms with Gasteiger partial charge in [0.15, 0.2) is 0 Å². The van der Waals surface area contributed by atoms with Crippen LogP contribution >= 0.6 is 0 Å². The van der Waals surface area contributed by atoms with E-state index in [4.69, 9.17) is 4.74 Å². The molecule has 132 valence electrons. The van der Waals surface area contributed by atoms with Gasteiger partial charge in [-0.15, -0.1) is 0 Å². The van der Waals surface area contributed by atoms with Gasteiger partial charge in [-0.25, -0.2) is 4.39 Å². The molecule has 0 aliphatic carbocycles. The lowest BCUT2D eigenvalue weighted by atomic mass is 10.1. The monoisotopic (exact) mass is 344 g/mol. The Hall–Kier alpha value is -2.47. The molecule has 2 aromatic rings. The minimum absolute atomic E-state index is 0.129. The summed E-state index contributed by atoms with van der Waals surface area (Å²) in [5, 5.41) is 0. The van der Waals surface area contributed by atoms with E-state index in [1.165, 1.54) is 12.1 Å². The molecule has 0 spiro atoms. The van der Waals surface area contributed by atoms with Gasteiger partial charge in [0, 0.05) is 12.2 Å². The molecule has 1 amide bonds. The minimum Gasteiger partial charge on any atom is -0.370 e. The molecule has 1 atom stereocenters. The number of carbonyl (C=O) groups is 1. The predicted octanol–water partition coefficient (Wildman–Crippen LogP) is 2.85. The van der Waals surface area contributed by atoms with E-state index in [0.29, 0.717) is 19.7 Å². The Morgan fingerprint density at radius 3 is 2.60 bits per heavy atom. The van der Waals surface area contributed by atoms with E-state index in [0.717, 1.165) is 11.3 Å². The first-order valence-electron chi connectivity index (χ1n) is 8.35. The molecule has 1 aliphatic heterocycles. The van der Waals surface area contributed by atoms with Crippen LogP contribution in [-0.4, -0.2) is 35.5 Å². The quantitative estimate of drug-likeness (QED) is 0.931. The first-order valence-corrected chi connectivity index (χ1v) is 8.35. The molecule has 25 heavy (non-hydrogen) atoms. The van der Waals surface area contributed by atoms with E-state index < -0.39 is 0 Å². The number of nitrogens with zero attached hydrogens (tertiary/aromatic N) is 1. The molecule has 0 radical (unpaired) electrons. The molecule has 5 nitrogen and oxygen atoms in total. The van der Waals surface area contributed by atoms with Crippen molar-refractivity contribution in [3.8, 4) is 0 Å². The Morgan fingerprint density at radius 1 is 1.24 bits per heavy atom. The molecule has 3 rings (SSSR count). The van der Waals surface area contributed by atoms with Gasteiger partial charge in [-0.2, -0.15) is 0 Å². The van der Waals surface area contributed by atoms with Gasteiger partial charge in [0.25, 0.3) is 11.5 Å². The number of pyridine rings is 1. The van der Waals surface area contributed by atoms with Gasteiger partial charge in [0.05, 0.1) is 13.2 Å². The van der Waals surface area contributed by atoms with Crippen molar-refractivity contribution >= 4 is 5.91 Å². The average Bonchev–Trinajstić information content (AvgIpc) is 2.61.